The lowest BCUT2D eigenvalue weighted by Gasteiger charge is -2.32. The third kappa shape index (κ3) is 4.81. The molecule has 1 rings (SSSR count). The van der Waals surface area contributed by atoms with Gasteiger partial charge in [0, 0.05) is 19.1 Å². The average Bonchev–Trinajstić information content (AvgIpc) is 2.16. The number of hydrogen-bond donors (Lipinski definition) is 2. The topological polar surface area (TPSA) is 53.6 Å². The maximum atomic E-state index is 11.5. The summed E-state index contributed by atoms with van der Waals surface area (Å²) in [6.07, 6.45) is 1.73. The van der Waals surface area contributed by atoms with Crippen molar-refractivity contribution in [2.45, 2.75) is 45.3 Å². The first-order valence-corrected chi connectivity index (χ1v) is 5.82. The molecule has 94 valence electrons. The van der Waals surface area contributed by atoms with Crippen LogP contribution in [0.5, 0.6) is 0 Å². The van der Waals surface area contributed by atoms with E-state index < -0.39 is 5.60 Å². The SMILES string of the molecule is CNC1CCN(NC(=O)OC(C)(C)C)CC1. The van der Waals surface area contributed by atoms with E-state index in [0.717, 1.165) is 25.9 Å². The van der Waals surface area contributed by atoms with E-state index in [1.807, 2.05) is 32.8 Å². The number of rotatable bonds is 2. The molecule has 1 heterocycles. The summed E-state index contributed by atoms with van der Waals surface area (Å²) >= 11 is 0. The first kappa shape index (κ1) is 13.3. The second-order valence-electron chi connectivity index (χ2n) is 5.16. The van der Waals surface area contributed by atoms with E-state index >= 15 is 0 Å². The molecule has 1 aliphatic heterocycles. The van der Waals surface area contributed by atoms with Crippen molar-refractivity contribution >= 4 is 6.09 Å². The largest absolute Gasteiger partial charge is 0.443 e. The molecule has 0 aromatic heterocycles. The van der Waals surface area contributed by atoms with Gasteiger partial charge in [-0.15, -0.1) is 0 Å². The molecule has 5 heteroatoms. The molecule has 0 atom stereocenters. The molecular formula is C11H23N3O2. The molecule has 0 spiro atoms. The van der Waals surface area contributed by atoms with Gasteiger partial charge in [-0.05, 0) is 40.7 Å². The number of piperidine rings is 1. The Hall–Kier alpha value is -0.810. The van der Waals surface area contributed by atoms with Gasteiger partial charge in [-0.25, -0.2) is 9.80 Å². The Kier molecular flexibility index (Phi) is 4.56. The molecule has 2 N–H and O–H groups in total. The van der Waals surface area contributed by atoms with Gasteiger partial charge in [0.1, 0.15) is 5.60 Å². The third-order valence-electron chi connectivity index (χ3n) is 2.55. The van der Waals surface area contributed by atoms with Crippen LogP contribution in [0.15, 0.2) is 0 Å². The maximum absolute atomic E-state index is 11.5. The predicted molar refractivity (Wildman–Crippen MR) is 63.0 cm³/mol. The Morgan fingerprint density at radius 2 is 1.88 bits per heavy atom. The normalized spacial score (nSPS) is 19.5. The Morgan fingerprint density at radius 1 is 1.31 bits per heavy atom. The van der Waals surface area contributed by atoms with Crippen LogP contribution in [0.3, 0.4) is 0 Å². The average molecular weight is 229 g/mol. The maximum Gasteiger partial charge on any atom is 0.422 e. The minimum atomic E-state index is -0.437. The standard InChI is InChI=1S/C11H23N3O2/c1-11(2,3)16-10(15)13-14-7-5-9(12-4)6-8-14/h9,12H,5-8H2,1-4H3,(H,13,15). The van der Waals surface area contributed by atoms with E-state index in [2.05, 4.69) is 10.7 Å². The van der Waals surface area contributed by atoms with Gasteiger partial charge in [0.25, 0.3) is 0 Å². The molecule has 0 aromatic rings. The Morgan fingerprint density at radius 3 is 2.31 bits per heavy atom. The number of nitrogens with one attached hydrogen (secondary N) is 2. The summed E-state index contributed by atoms with van der Waals surface area (Å²) in [5.74, 6) is 0. The van der Waals surface area contributed by atoms with Crippen molar-refractivity contribution < 1.29 is 9.53 Å². The fourth-order valence-electron chi connectivity index (χ4n) is 1.71. The van der Waals surface area contributed by atoms with Gasteiger partial charge in [0.2, 0.25) is 0 Å². The van der Waals surface area contributed by atoms with Gasteiger partial charge >= 0.3 is 6.09 Å². The van der Waals surface area contributed by atoms with Crippen LogP contribution in [-0.2, 0) is 4.74 Å². The lowest BCUT2D eigenvalue weighted by molar-refractivity contribution is 0.0281. The van der Waals surface area contributed by atoms with Gasteiger partial charge in [0.05, 0.1) is 0 Å². The van der Waals surface area contributed by atoms with Crippen LogP contribution in [-0.4, -0.2) is 42.9 Å². The van der Waals surface area contributed by atoms with Crippen LogP contribution < -0.4 is 10.7 Å². The number of hydrazine groups is 1. The van der Waals surface area contributed by atoms with Crippen LogP contribution in [0, 0.1) is 0 Å². The monoisotopic (exact) mass is 229 g/mol. The first-order valence-electron chi connectivity index (χ1n) is 5.82. The summed E-state index contributed by atoms with van der Waals surface area (Å²) in [5.41, 5.74) is 2.33. The molecule has 0 radical (unpaired) electrons. The Balaban J connectivity index is 2.26. The zero-order valence-electron chi connectivity index (χ0n) is 10.7. The van der Waals surface area contributed by atoms with E-state index in [4.69, 9.17) is 4.74 Å². The number of carbonyl (C=O) groups is 1. The molecule has 1 amide bonds. The highest BCUT2D eigenvalue weighted by molar-refractivity contribution is 5.67. The number of hydrogen-bond acceptors (Lipinski definition) is 4. The minimum Gasteiger partial charge on any atom is -0.443 e. The zero-order chi connectivity index (χ0) is 12.2. The Bertz CT molecular complexity index is 230. The van der Waals surface area contributed by atoms with Crippen molar-refractivity contribution in [1.29, 1.82) is 0 Å². The summed E-state index contributed by atoms with van der Waals surface area (Å²) in [6, 6.07) is 0.566. The lowest BCUT2D eigenvalue weighted by Crippen LogP contribution is -2.50. The summed E-state index contributed by atoms with van der Waals surface area (Å²) in [6.45, 7) is 7.31. The summed E-state index contributed by atoms with van der Waals surface area (Å²) < 4.78 is 5.19. The molecule has 0 saturated carbocycles. The summed E-state index contributed by atoms with van der Waals surface area (Å²) in [5, 5.41) is 5.16. The lowest BCUT2D eigenvalue weighted by atomic mass is 10.1. The van der Waals surface area contributed by atoms with Crippen LogP contribution >= 0.6 is 0 Å². The van der Waals surface area contributed by atoms with Crippen molar-refractivity contribution in [1.82, 2.24) is 15.8 Å². The zero-order valence-corrected chi connectivity index (χ0v) is 10.7. The fraction of sp³-hybridized carbons (Fsp3) is 0.909. The quantitative estimate of drug-likeness (QED) is 0.745. The first-order chi connectivity index (χ1) is 7.40. The molecule has 16 heavy (non-hydrogen) atoms. The molecule has 1 aliphatic rings. The predicted octanol–water partition coefficient (Wildman–Crippen LogP) is 1.11. The molecule has 1 fully saturated rings. The van der Waals surface area contributed by atoms with Gasteiger partial charge in [-0.1, -0.05) is 0 Å². The fourth-order valence-corrected chi connectivity index (χ4v) is 1.71. The van der Waals surface area contributed by atoms with E-state index in [0.29, 0.717) is 6.04 Å². The second-order valence-corrected chi connectivity index (χ2v) is 5.16. The minimum absolute atomic E-state index is 0.365. The van der Waals surface area contributed by atoms with Crippen molar-refractivity contribution in [2.75, 3.05) is 20.1 Å². The van der Waals surface area contributed by atoms with Crippen molar-refractivity contribution in [3.05, 3.63) is 0 Å². The molecule has 1 saturated heterocycles. The van der Waals surface area contributed by atoms with Crippen LogP contribution in [0.25, 0.3) is 0 Å². The summed E-state index contributed by atoms with van der Waals surface area (Å²) in [4.78, 5) is 11.5. The highest BCUT2D eigenvalue weighted by Crippen LogP contribution is 2.10. The third-order valence-corrected chi connectivity index (χ3v) is 2.55. The van der Waals surface area contributed by atoms with E-state index in [1.54, 1.807) is 0 Å². The van der Waals surface area contributed by atoms with Crippen molar-refractivity contribution in [3.63, 3.8) is 0 Å². The van der Waals surface area contributed by atoms with Crippen LogP contribution in [0.2, 0.25) is 0 Å². The smallest absolute Gasteiger partial charge is 0.422 e. The highest BCUT2D eigenvalue weighted by Gasteiger charge is 2.21. The van der Waals surface area contributed by atoms with Gasteiger partial charge in [-0.3, -0.25) is 5.43 Å². The molecule has 5 nitrogen and oxygen atoms in total. The van der Waals surface area contributed by atoms with Crippen molar-refractivity contribution in [2.24, 2.45) is 0 Å². The van der Waals surface area contributed by atoms with Crippen molar-refractivity contribution in [3.8, 4) is 0 Å². The van der Waals surface area contributed by atoms with Crippen LogP contribution in [0.4, 0.5) is 4.79 Å². The second kappa shape index (κ2) is 5.50. The number of amides is 1. The molecule has 0 aliphatic carbocycles. The molecule has 0 unspecified atom stereocenters. The van der Waals surface area contributed by atoms with Crippen LogP contribution in [0.1, 0.15) is 33.6 Å². The summed E-state index contributed by atoms with van der Waals surface area (Å²) in [7, 11) is 1.97. The van der Waals surface area contributed by atoms with E-state index in [9.17, 15) is 4.79 Å². The molecular weight excluding hydrogens is 206 g/mol. The van der Waals surface area contributed by atoms with E-state index in [1.165, 1.54) is 0 Å². The van der Waals surface area contributed by atoms with Gasteiger partial charge in [-0.2, -0.15) is 0 Å². The number of nitrogens with zero attached hydrogens (tertiary/aromatic N) is 1. The molecule has 0 aromatic carbocycles. The highest BCUT2D eigenvalue weighted by atomic mass is 16.6. The van der Waals surface area contributed by atoms with E-state index in [-0.39, 0.29) is 6.09 Å². The number of carbonyl (C=O) groups excluding carboxylic acids is 1. The molecule has 0 bridgehead atoms. The van der Waals surface area contributed by atoms with Gasteiger partial charge < -0.3 is 10.1 Å². The van der Waals surface area contributed by atoms with Gasteiger partial charge in [0.15, 0.2) is 0 Å². The number of ether oxygens (including phenoxy) is 1. The Labute approximate surface area is 97.5 Å².